The van der Waals surface area contributed by atoms with Crippen molar-refractivity contribution in [2.75, 3.05) is 0 Å². The number of aryl methyl sites for hydroxylation is 1. The summed E-state index contributed by atoms with van der Waals surface area (Å²) in [6.07, 6.45) is 6.06. The lowest BCUT2D eigenvalue weighted by atomic mass is 10.1. The fraction of sp³-hybridized carbons (Fsp3) is 0.238. The van der Waals surface area contributed by atoms with E-state index in [2.05, 4.69) is 33.9 Å². The van der Waals surface area contributed by atoms with Gasteiger partial charge in [-0.05, 0) is 30.2 Å². The van der Waals surface area contributed by atoms with Crippen LogP contribution in [-0.4, -0.2) is 24.7 Å². The zero-order valence-electron chi connectivity index (χ0n) is 16.0. The van der Waals surface area contributed by atoms with Gasteiger partial charge in [0.1, 0.15) is 17.3 Å². The molecule has 4 rings (SSSR count). The molecule has 0 saturated carbocycles. The number of nitrogens with one attached hydrogen (secondary N) is 1. The van der Waals surface area contributed by atoms with E-state index in [1.54, 1.807) is 29.2 Å². The van der Waals surface area contributed by atoms with Crippen LogP contribution in [0.4, 0.5) is 0 Å². The molecule has 0 aliphatic heterocycles. The number of rotatable bonds is 5. The van der Waals surface area contributed by atoms with Gasteiger partial charge in [0.15, 0.2) is 0 Å². The van der Waals surface area contributed by atoms with Crippen molar-refractivity contribution in [3.8, 4) is 22.8 Å². The summed E-state index contributed by atoms with van der Waals surface area (Å²) in [4.78, 5) is 24.2. The number of aromatic amines is 1. The molecule has 3 aromatic heterocycles. The first-order valence-corrected chi connectivity index (χ1v) is 9.14. The maximum atomic E-state index is 12.5. The number of nitrogens with zero attached hydrogens (tertiary/aromatic N) is 4. The first kappa shape index (κ1) is 17.9. The average molecular weight is 375 g/mol. The Morgan fingerprint density at radius 2 is 2.00 bits per heavy atom. The first-order chi connectivity index (χ1) is 13.5. The average Bonchev–Trinajstić information content (AvgIpc) is 3.08. The van der Waals surface area contributed by atoms with Gasteiger partial charge in [0.2, 0.25) is 0 Å². The van der Waals surface area contributed by atoms with Crippen molar-refractivity contribution in [3.05, 3.63) is 65.1 Å². The molecule has 0 spiro atoms. The summed E-state index contributed by atoms with van der Waals surface area (Å²) < 4.78 is 7.68. The number of benzene rings is 1. The van der Waals surface area contributed by atoms with Crippen LogP contribution in [0, 0.1) is 5.92 Å². The molecule has 0 fully saturated rings. The molecule has 0 aliphatic carbocycles. The Morgan fingerprint density at radius 3 is 2.75 bits per heavy atom. The normalized spacial score (nSPS) is 11.3. The summed E-state index contributed by atoms with van der Waals surface area (Å²) in [5.74, 6) is 2.33. The summed E-state index contributed by atoms with van der Waals surface area (Å²) >= 11 is 0. The molecule has 3 heterocycles. The minimum Gasteiger partial charge on any atom is -0.457 e. The molecule has 0 amide bonds. The van der Waals surface area contributed by atoms with E-state index in [9.17, 15) is 4.79 Å². The number of fused-ring (bicyclic) bond motifs is 1. The number of H-pyrrole nitrogens is 1. The Morgan fingerprint density at radius 1 is 1.18 bits per heavy atom. The second-order valence-corrected chi connectivity index (χ2v) is 7.17. The summed E-state index contributed by atoms with van der Waals surface area (Å²) in [6, 6.07) is 8.96. The molecule has 0 bridgehead atoms. The highest BCUT2D eigenvalue weighted by Crippen LogP contribution is 2.26. The van der Waals surface area contributed by atoms with Gasteiger partial charge in [-0.1, -0.05) is 13.8 Å². The van der Waals surface area contributed by atoms with Crippen molar-refractivity contribution >= 4 is 10.9 Å². The van der Waals surface area contributed by atoms with Gasteiger partial charge in [-0.3, -0.25) is 14.5 Å². The van der Waals surface area contributed by atoms with Crippen molar-refractivity contribution < 1.29 is 4.74 Å². The van der Waals surface area contributed by atoms with Crippen LogP contribution in [0.2, 0.25) is 0 Å². The Labute approximate surface area is 162 Å². The third-order valence-electron chi connectivity index (χ3n) is 4.30. The highest BCUT2D eigenvalue weighted by Gasteiger charge is 2.09. The van der Waals surface area contributed by atoms with Gasteiger partial charge >= 0.3 is 0 Å². The van der Waals surface area contributed by atoms with E-state index in [0.29, 0.717) is 34.1 Å². The van der Waals surface area contributed by atoms with Crippen LogP contribution in [0.3, 0.4) is 0 Å². The van der Waals surface area contributed by atoms with Crippen LogP contribution in [0.25, 0.3) is 22.2 Å². The van der Waals surface area contributed by atoms with E-state index in [1.165, 1.54) is 0 Å². The lowest BCUT2D eigenvalue weighted by Crippen LogP contribution is -2.13. The van der Waals surface area contributed by atoms with Crippen molar-refractivity contribution in [2.24, 2.45) is 13.0 Å². The molecule has 0 aliphatic rings. The number of pyridine rings is 1. The molecule has 7 heteroatoms. The number of aromatic nitrogens is 5. The molecule has 0 unspecified atom stereocenters. The lowest BCUT2D eigenvalue weighted by Gasteiger charge is -2.09. The Hall–Kier alpha value is -3.48. The van der Waals surface area contributed by atoms with Crippen LogP contribution >= 0.6 is 0 Å². The monoisotopic (exact) mass is 375 g/mol. The highest BCUT2D eigenvalue weighted by atomic mass is 16.5. The molecule has 0 radical (unpaired) electrons. The van der Waals surface area contributed by atoms with Crippen LogP contribution in [-0.2, 0) is 13.5 Å². The third-order valence-corrected chi connectivity index (χ3v) is 4.30. The van der Waals surface area contributed by atoms with Gasteiger partial charge in [-0.25, -0.2) is 4.98 Å². The second kappa shape index (κ2) is 7.26. The van der Waals surface area contributed by atoms with Crippen LogP contribution in [0.5, 0.6) is 11.5 Å². The molecule has 0 saturated heterocycles. The second-order valence-electron chi connectivity index (χ2n) is 7.17. The van der Waals surface area contributed by atoms with Gasteiger partial charge in [0, 0.05) is 37.5 Å². The zero-order valence-corrected chi connectivity index (χ0v) is 16.0. The minimum absolute atomic E-state index is 0.156. The summed E-state index contributed by atoms with van der Waals surface area (Å²) in [5, 5.41) is 4.67. The van der Waals surface area contributed by atoms with Crippen LogP contribution in [0.1, 0.15) is 19.7 Å². The molecule has 7 nitrogen and oxygen atoms in total. The van der Waals surface area contributed by atoms with E-state index in [-0.39, 0.29) is 5.56 Å². The van der Waals surface area contributed by atoms with Gasteiger partial charge in [-0.2, -0.15) is 5.10 Å². The highest BCUT2D eigenvalue weighted by molar-refractivity contribution is 5.79. The summed E-state index contributed by atoms with van der Waals surface area (Å²) in [7, 11) is 1.86. The SMILES string of the molecule is CC(C)Cc1nc2ccc(Oc3ccnc(-c4cnn(C)c4)c3)cc2c(=O)[nH]1. The molecule has 28 heavy (non-hydrogen) atoms. The quantitative estimate of drug-likeness (QED) is 0.575. The standard InChI is InChI=1S/C21H21N5O2/c1-13(2)8-20-24-18-5-4-15(9-17(18)21(27)25-20)28-16-6-7-22-19(10-16)14-11-23-26(3)12-14/h4-7,9-13H,8H2,1-3H3,(H,24,25,27). The summed E-state index contributed by atoms with van der Waals surface area (Å²) in [5.41, 5.74) is 2.18. The number of hydrogen-bond donors (Lipinski definition) is 1. The van der Waals surface area contributed by atoms with E-state index in [4.69, 9.17) is 4.74 Å². The molecule has 1 aromatic carbocycles. The molecule has 0 atom stereocenters. The van der Waals surface area contributed by atoms with E-state index < -0.39 is 0 Å². The number of hydrogen-bond acceptors (Lipinski definition) is 5. The molecular weight excluding hydrogens is 354 g/mol. The van der Waals surface area contributed by atoms with Gasteiger partial charge in [0.25, 0.3) is 5.56 Å². The predicted molar refractivity (Wildman–Crippen MR) is 107 cm³/mol. The fourth-order valence-electron chi connectivity index (χ4n) is 3.04. The van der Waals surface area contributed by atoms with Crippen molar-refractivity contribution in [2.45, 2.75) is 20.3 Å². The topological polar surface area (TPSA) is 85.7 Å². The maximum Gasteiger partial charge on any atom is 0.258 e. The van der Waals surface area contributed by atoms with Crippen LogP contribution < -0.4 is 10.3 Å². The maximum absolute atomic E-state index is 12.5. The van der Waals surface area contributed by atoms with Gasteiger partial charge in [0.05, 0.1) is 22.8 Å². The van der Waals surface area contributed by atoms with Crippen molar-refractivity contribution in [1.82, 2.24) is 24.7 Å². The van der Waals surface area contributed by atoms with E-state index >= 15 is 0 Å². The Bertz CT molecular complexity index is 1190. The molecule has 4 aromatic rings. The van der Waals surface area contributed by atoms with Gasteiger partial charge in [-0.15, -0.1) is 0 Å². The lowest BCUT2D eigenvalue weighted by molar-refractivity contribution is 0.483. The Balaban J connectivity index is 1.63. The minimum atomic E-state index is -0.156. The van der Waals surface area contributed by atoms with Gasteiger partial charge < -0.3 is 9.72 Å². The number of ether oxygens (including phenoxy) is 1. The molecule has 142 valence electrons. The zero-order chi connectivity index (χ0) is 19.7. The van der Waals surface area contributed by atoms with E-state index in [1.807, 2.05) is 31.4 Å². The Kier molecular flexibility index (Phi) is 4.65. The third kappa shape index (κ3) is 3.78. The van der Waals surface area contributed by atoms with Crippen molar-refractivity contribution in [3.63, 3.8) is 0 Å². The van der Waals surface area contributed by atoms with E-state index in [0.717, 1.165) is 17.7 Å². The molecular formula is C21H21N5O2. The fourth-order valence-corrected chi connectivity index (χ4v) is 3.04. The molecule has 1 N–H and O–H groups in total. The van der Waals surface area contributed by atoms with Crippen molar-refractivity contribution in [1.29, 1.82) is 0 Å². The predicted octanol–water partition coefficient (Wildman–Crippen LogP) is 3.71. The largest absolute Gasteiger partial charge is 0.457 e. The van der Waals surface area contributed by atoms with Crippen LogP contribution in [0.15, 0.2) is 53.7 Å². The summed E-state index contributed by atoms with van der Waals surface area (Å²) in [6.45, 7) is 4.19. The first-order valence-electron chi connectivity index (χ1n) is 9.14. The smallest absolute Gasteiger partial charge is 0.258 e.